The van der Waals surface area contributed by atoms with Gasteiger partial charge in [-0.3, -0.25) is 14.5 Å². The van der Waals surface area contributed by atoms with Gasteiger partial charge in [-0.2, -0.15) is 0 Å². The first-order valence-electron chi connectivity index (χ1n) is 8.22. The van der Waals surface area contributed by atoms with Crippen molar-refractivity contribution >= 4 is 29.5 Å². The van der Waals surface area contributed by atoms with Crippen molar-refractivity contribution in [3.8, 4) is 5.75 Å². The van der Waals surface area contributed by atoms with Gasteiger partial charge in [0.05, 0.1) is 11.7 Å². The number of carbonyl (C=O) groups excluding carboxylic acids is 3. The quantitative estimate of drug-likeness (QED) is 0.336. The Bertz CT molecular complexity index is 855. The number of hydrogen-bond donors (Lipinski definition) is 3. The molecule has 142 valence electrons. The summed E-state index contributed by atoms with van der Waals surface area (Å²) in [5.74, 6) is -2.06. The molecule has 2 heterocycles. The summed E-state index contributed by atoms with van der Waals surface area (Å²) in [6.07, 6.45) is 3.33. The number of carbonyl (C=O) groups is 3. The SMILES string of the molecule is C/C=C\C1=C(C(=O)[O-])N2C(=O)C(NC(=O)C(N)c3ccc(O)cc3)[C@H]2SC1.[Na+]. The van der Waals surface area contributed by atoms with Crippen molar-refractivity contribution in [1.29, 1.82) is 0 Å². The van der Waals surface area contributed by atoms with E-state index in [0.717, 1.165) is 4.90 Å². The van der Waals surface area contributed by atoms with Crippen molar-refractivity contribution in [2.45, 2.75) is 24.4 Å². The number of aromatic hydroxyl groups is 1. The maximum absolute atomic E-state index is 12.5. The van der Waals surface area contributed by atoms with Gasteiger partial charge >= 0.3 is 29.6 Å². The monoisotopic (exact) mass is 411 g/mol. The van der Waals surface area contributed by atoms with E-state index in [1.807, 2.05) is 0 Å². The van der Waals surface area contributed by atoms with E-state index in [9.17, 15) is 24.6 Å². The first-order chi connectivity index (χ1) is 12.8. The molecule has 28 heavy (non-hydrogen) atoms. The number of thioether (sulfide) groups is 1. The van der Waals surface area contributed by atoms with Crippen molar-refractivity contribution in [2.75, 3.05) is 5.75 Å². The van der Waals surface area contributed by atoms with E-state index in [4.69, 9.17) is 5.73 Å². The maximum atomic E-state index is 12.5. The number of aliphatic carboxylic acids is 1. The number of β-lactam (4-membered cyclic amide) rings is 1. The predicted molar refractivity (Wildman–Crippen MR) is 96.9 cm³/mol. The fraction of sp³-hybridized carbons (Fsp3) is 0.278. The summed E-state index contributed by atoms with van der Waals surface area (Å²) in [7, 11) is 0. The normalized spacial score (nSPS) is 22.2. The average molecular weight is 411 g/mol. The summed E-state index contributed by atoms with van der Waals surface area (Å²) in [6, 6.07) is 3.99. The van der Waals surface area contributed by atoms with Crippen molar-refractivity contribution in [3.63, 3.8) is 0 Å². The van der Waals surface area contributed by atoms with E-state index in [-0.39, 0.29) is 41.0 Å². The third kappa shape index (κ3) is 4.13. The van der Waals surface area contributed by atoms with Crippen molar-refractivity contribution in [3.05, 3.63) is 53.3 Å². The van der Waals surface area contributed by atoms with Gasteiger partial charge in [-0.05, 0) is 30.2 Å². The second-order valence-electron chi connectivity index (χ2n) is 6.13. The number of amides is 2. The molecule has 3 rings (SSSR count). The van der Waals surface area contributed by atoms with E-state index < -0.39 is 35.2 Å². The Morgan fingerprint density at radius 1 is 1.39 bits per heavy atom. The minimum Gasteiger partial charge on any atom is -0.543 e. The number of phenolic OH excluding ortho intramolecular Hbond substituents is 1. The Balaban J connectivity index is 0.00000280. The smallest absolute Gasteiger partial charge is 0.543 e. The van der Waals surface area contributed by atoms with Crippen LogP contribution in [-0.4, -0.2) is 45.0 Å². The summed E-state index contributed by atoms with van der Waals surface area (Å²) in [5.41, 5.74) is 6.74. The van der Waals surface area contributed by atoms with Crippen LogP contribution >= 0.6 is 11.8 Å². The first-order valence-corrected chi connectivity index (χ1v) is 9.26. The molecule has 1 aromatic rings. The molecule has 2 unspecified atom stereocenters. The molecule has 0 saturated carbocycles. The molecule has 0 aromatic heterocycles. The Morgan fingerprint density at radius 3 is 2.61 bits per heavy atom. The van der Waals surface area contributed by atoms with Gasteiger partial charge in [0.25, 0.3) is 5.91 Å². The molecule has 3 atom stereocenters. The summed E-state index contributed by atoms with van der Waals surface area (Å²) in [6.45, 7) is 1.75. The van der Waals surface area contributed by atoms with Crippen LogP contribution in [0.15, 0.2) is 47.7 Å². The minimum atomic E-state index is -1.42. The standard InChI is InChI=1S/C18H19N3O5S.Na/c1-2-3-10-8-27-17-13(16(24)21(17)14(10)18(25)26)20-15(23)12(19)9-4-6-11(22)7-5-9;/h2-7,12-13,17,22H,8,19H2,1H3,(H,20,23)(H,25,26);/q;+1/p-1/b3-2-;/t12?,13?,17-;/m1./s1. The van der Waals surface area contributed by atoms with Crippen LogP contribution < -0.4 is 45.7 Å². The third-order valence-corrected chi connectivity index (χ3v) is 5.69. The number of benzene rings is 1. The van der Waals surface area contributed by atoms with Gasteiger partial charge in [-0.1, -0.05) is 24.3 Å². The van der Waals surface area contributed by atoms with Crippen LogP contribution in [0, 0.1) is 0 Å². The molecule has 0 aliphatic carbocycles. The van der Waals surface area contributed by atoms with Crippen molar-refractivity contribution < 1.29 is 54.2 Å². The van der Waals surface area contributed by atoms with E-state index in [1.165, 1.54) is 36.0 Å². The number of hydrogen-bond acceptors (Lipinski definition) is 7. The Labute approximate surface area is 188 Å². The second kappa shape index (κ2) is 9.15. The van der Waals surface area contributed by atoms with Crippen LogP contribution in [0.2, 0.25) is 0 Å². The zero-order chi connectivity index (χ0) is 19.7. The number of carboxylic acids is 1. The predicted octanol–water partition coefficient (Wildman–Crippen LogP) is -3.62. The number of nitrogens with one attached hydrogen (secondary N) is 1. The number of carboxylic acid groups (broad SMARTS) is 1. The molecule has 4 N–H and O–H groups in total. The number of phenols is 1. The van der Waals surface area contributed by atoms with Crippen LogP contribution in [0.1, 0.15) is 18.5 Å². The number of rotatable bonds is 5. The van der Waals surface area contributed by atoms with Crippen molar-refractivity contribution in [2.24, 2.45) is 5.73 Å². The Morgan fingerprint density at radius 2 is 2.04 bits per heavy atom. The van der Waals surface area contributed by atoms with Crippen LogP contribution in [0.25, 0.3) is 0 Å². The minimum absolute atomic E-state index is 0. The number of nitrogens with zero attached hydrogens (tertiary/aromatic N) is 1. The van der Waals surface area contributed by atoms with Gasteiger partial charge < -0.3 is 26.1 Å². The van der Waals surface area contributed by atoms with Crippen LogP contribution in [0.5, 0.6) is 5.75 Å². The largest absolute Gasteiger partial charge is 1.00 e. The molecule has 1 saturated heterocycles. The molecule has 8 nitrogen and oxygen atoms in total. The summed E-state index contributed by atoms with van der Waals surface area (Å²) < 4.78 is 0. The third-order valence-electron chi connectivity index (χ3n) is 4.39. The van der Waals surface area contributed by atoms with Gasteiger partial charge in [0.1, 0.15) is 23.2 Å². The molecular formula is C18H18N3NaO5S. The number of nitrogens with two attached hydrogens (primary N) is 1. The molecule has 2 aliphatic heterocycles. The van der Waals surface area contributed by atoms with E-state index in [1.54, 1.807) is 19.1 Å². The zero-order valence-corrected chi connectivity index (χ0v) is 18.2. The average Bonchev–Trinajstić information content (AvgIpc) is 2.65. The molecule has 1 aromatic carbocycles. The molecule has 1 fully saturated rings. The molecule has 0 spiro atoms. The van der Waals surface area contributed by atoms with Gasteiger partial charge in [-0.15, -0.1) is 11.8 Å². The van der Waals surface area contributed by atoms with Crippen LogP contribution in [0.3, 0.4) is 0 Å². The van der Waals surface area contributed by atoms with E-state index in [2.05, 4.69) is 5.32 Å². The van der Waals surface area contributed by atoms with E-state index in [0.29, 0.717) is 16.9 Å². The van der Waals surface area contributed by atoms with E-state index >= 15 is 0 Å². The van der Waals surface area contributed by atoms with Crippen LogP contribution in [0.4, 0.5) is 0 Å². The Kier molecular flexibility index (Phi) is 7.35. The summed E-state index contributed by atoms with van der Waals surface area (Å²) >= 11 is 1.36. The van der Waals surface area contributed by atoms with Crippen LogP contribution in [-0.2, 0) is 14.4 Å². The maximum Gasteiger partial charge on any atom is 1.00 e. The molecular weight excluding hydrogens is 393 g/mol. The topological polar surface area (TPSA) is 136 Å². The fourth-order valence-corrected chi connectivity index (χ4v) is 4.36. The molecule has 0 radical (unpaired) electrons. The zero-order valence-electron chi connectivity index (χ0n) is 15.4. The molecule has 10 heteroatoms. The van der Waals surface area contributed by atoms with Gasteiger partial charge in [0.2, 0.25) is 5.91 Å². The Hall–Kier alpha value is -1.78. The summed E-state index contributed by atoms with van der Waals surface area (Å²) in [4.78, 5) is 37.5. The molecule has 0 bridgehead atoms. The molecule has 2 amide bonds. The second-order valence-corrected chi connectivity index (χ2v) is 7.23. The molecule has 2 aliphatic rings. The fourth-order valence-electron chi connectivity index (χ4n) is 3.04. The summed E-state index contributed by atoms with van der Waals surface area (Å²) in [5, 5.41) is 22.9. The number of fused-ring (bicyclic) bond motifs is 1. The number of allylic oxidation sites excluding steroid dienone is 2. The van der Waals surface area contributed by atoms with Gasteiger partial charge in [-0.25, -0.2) is 0 Å². The van der Waals surface area contributed by atoms with Crippen molar-refractivity contribution in [1.82, 2.24) is 10.2 Å². The first kappa shape index (κ1) is 22.5. The van der Waals surface area contributed by atoms with Gasteiger partial charge in [0, 0.05) is 5.75 Å². The van der Waals surface area contributed by atoms with Gasteiger partial charge in [0.15, 0.2) is 0 Å².